The van der Waals surface area contributed by atoms with Gasteiger partial charge < -0.3 is 40.5 Å². The van der Waals surface area contributed by atoms with Gasteiger partial charge in [0.25, 0.3) is 0 Å². The lowest BCUT2D eigenvalue weighted by Gasteiger charge is -2.28. The first-order valence-electron chi connectivity index (χ1n) is 15.7. The van der Waals surface area contributed by atoms with Gasteiger partial charge in [0, 0.05) is 77.5 Å². The molecule has 0 aromatic rings. The predicted octanol–water partition coefficient (Wildman–Crippen LogP) is -0.353. The second kappa shape index (κ2) is 21.1. The van der Waals surface area contributed by atoms with Crippen molar-refractivity contribution in [2.45, 2.75) is 52.6 Å². The summed E-state index contributed by atoms with van der Waals surface area (Å²) in [6, 6.07) is -1.65. The van der Waals surface area contributed by atoms with Crippen LogP contribution in [0.15, 0.2) is 0 Å². The highest BCUT2D eigenvalue weighted by atomic mass is 31.2. The molecule has 6 N–H and O–H groups in total. The standard InChI is InChI=1S/C28H56N6O10P2/c1-21(2)25(27(37)43-5)31-23(35)7-17-45(39,40)19-33-13-9-29-11-15-34(16-12-30-10-14-33)20-46(41,42)18-8-24(36)32-26(22(3)4)28(38)44-6/h21-22,25-26,29-30H,7-20H2,1-6H3,(H,31,35)(H,32,36)(H,39,40)(H,41,42)/t25-,26?/m1/s1. The maximum absolute atomic E-state index is 13.0. The van der Waals surface area contributed by atoms with Crippen LogP contribution in [-0.4, -0.2) is 147 Å². The number of methoxy groups -OCH3 is 2. The van der Waals surface area contributed by atoms with Crippen LogP contribution in [0.2, 0.25) is 0 Å². The van der Waals surface area contributed by atoms with Crippen LogP contribution < -0.4 is 21.3 Å². The van der Waals surface area contributed by atoms with E-state index < -0.39 is 50.6 Å². The van der Waals surface area contributed by atoms with Crippen LogP contribution in [0.5, 0.6) is 0 Å². The van der Waals surface area contributed by atoms with Gasteiger partial charge in [-0.05, 0) is 11.8 Å². The monoisotopic (exact) mass is 698 g/mol. The van der Waals surface area contributed by atoms with Crippen molar-refractivity contribution in [3.63, 3.8) is 0 Å². The van der Waals surface area contributed by atoms with E-state index >= 15 is 0 Å². The maximum Gasteiger partial charge on any atom is 0.328 e. The topological polar surface area (TPSA) is 216 Å². The van der Waals surface area contributed by atoms with E-state index in [1.807, 2.05) is 9.80 Å². The molecule has 0 saturated carbocycles. The van der Waals surface area contributed by atoms with Crippen molar-refractivity contribution < 1.29 is 47.6 Å². The molecule has 1 heterocycles. The average molecular weight is 699 g/mol. The third-order valence-electron chi connectivity index (χ3n) is 7.51. The van der Waals surface area contributed by atoms with E-state index in [4.69, 9.17) is 9.47 Å². The van der Waals surface area contributed by atoms with Crippen molar-refractivity contribution in [2.75, 3.05) is 91.5 Å². The molecule has 16 nitrogen and oxygen atoms in total. The molecule has 0 bridgehead atoms. The Bertz CT molecular complexity index is 985. The third kappa shape index (κ3) is 17.3. The van der Waals surface area contributed by atoms with E-state index in [-0.39, 0.29) is 49.6 Å². The molecule has 0 aromatic carbocycles. The predicted molar refractivity (Wildman–Crippen MR) is 175 cm³/mol. The smallest absolute Gasteiger partial charge is 0.328 e. The quantitative estimate of drug-likeness (QED) is 0.0898. The van der Waals surface area contributed by atoms with E-state index in [1.54, 1.807) is 27.7 Å². The number of hydrogen-bond acceptors (Lipinski definition) is 12. The number of rotatable bonds is 16. The number of ether oxygens (including phenoxy) is 2. The van der Waals surface area contributed by atoms with Crippen LogP contribution in [0.3, 0.4) is 0 Å². The summed E-state index contributed by atoms with van der Waals surface area (Å²) >= 11 is 0. The van der Waals surface area contributed by atoms with Crippen molar-refractivity contribution in [1.82, 2.24) is 31.1 Å². The summed E-state index contributed by atoms with van der Waals surface area (Å²) < 4.78 is 35.4. The minimum Gasteiger partial charge on any atom is -0.467 e. The van der Waals surface area contributed by atoms with Gasteiger partial charge in [0.1, 0.15) is 12.1 Å². The summed E-state index contributed by atoms with van der Waals surface area (Å²) in [5, 5.41) is 11.7. The first-order chi connectivity index (χ1) is 21.5. The Labute approximate surface area is 273 Å². The Hall–Kier alpha value is -1.90. The number of esters is 2. The Morgan fingerprint density at radius 3 is 1.24 bits per heavy atom. The maximum atomic E-state index is 13.0. The molecule has 0 aromatic heterocycles. The van der Waals surface area contributed by atoms with Crippen LogP contribution in [0.1, 0.15) is 40.5 Å². The highest BCUT2D eigenvalue weighted by molar-refractivity contribution is 7.58. The molecule has 46 heavy (non-hydrogen) atoms. The second-order valence-electron chi connectivity index (χ2n) is 12.3. The molecule has 0 aliphatic carbocycles. The van der Waals surface area contributed by atoms with Crippen LogP contribution in [0.25, 0.3) is 0 Å². The van der Waals surface area contributed by atoms with Gasteiger partial charge in [-0.25, -0.2) is 9.59 Å². The van der Waals surface area contributed by atoms with E-state index in [9.17, 15) is 38.1 Å². The lowest BCUT2D eigenvalue weighted by Crippen LogP contribution is -2.45. The lowest BCUT2D eigenvalue weighted by atomic mass is 10.0. The number of carbonyl (C=O) groups excluding carboxylic acids is 4. The van der Waals surface area contributed by atoms with Gasteiger partial charge in [0.05, 0.1) is 26.8 Å². The lowest BCUT2D eigenvalue weighted by molar-refractivity contribution is -0.146. The largest absolute Gasteiger partial charge is 0.467 e. The van der Waals surface area contributed by atoms with Crippen molar-refractivity contribution in [2.24, 2.45) is 11.8 Å². The van der Waals surface area contributed by atoms with Gasteiger partial charge in [0.15, 0.2) is 0 Å². The number of carbonyl (C=O) groups is 4. The van der Waals surface area contributed by atoms with Gasteiger partial charge in [-0.3, -0.25) is 28.5 Å². The zero-order valence-corrected chi connectivity index (χ0v) is 29.9. The molecule has 3 unspecified atom stereocenters. The van der Waals surface area contributed by atoms with E-state index in [2.05, 4.69) is 21.3 Å². The molecule has 2 amide bonds. The number of nitrogens with zero attached hydrogens (tertiary/aromatic N) is 2. The van der Waals surface area contributed by atoms with Gasteiger partial charge in [-0.2, -0.15) is 0 Å². The zero-order valence-electron chi connectivity index (χ0n) is 28.2. The molecule has 1 rings (SSSR count). The van der Waals surface area contributed by atoms with Gasteiger partial charge in [0.2, 0.25) is 26.6 Å². The van der Waals surface area contributed by atoms with E-state index in [0.29, 0.717) is 52.4 Å². The third-order valence-corrected chi connectivity index (χ3v) is 11.0. The van der Waals surface area contributed by atoms with Crippen molar-refractivity contribution in [1.29, 1.82) is 0 Å². The van der Waals surface area contributed by atoms with Crippen molar-refractivity contribution >= 4 is 38.5 Å². The molecule has 0 radical (unpaired) electrons. The number of nitrogens with one attached hydrogen (secondary N) is 4. The molecular formula is C28H56N6O10P2. The molecule has 1 saturated heterocycles. The van der Waals surface area contributed by atoms with Crippen molar-refractivity contribution in [3.8, 4) is 0 Å². The van der Waals surface area contributed by atoms with E-state index in [0.717, 1.165) is 0 Å². The summed E-state index contributed by atoms with van der Waals surface area (Å²) in [5.41, 5.74) is 0. The molecule has 4 atom stereocenters. The van der Waals surface area contributed by atoms with Gasteiger partial charge in [-0.15, -0.1) is 0 Å². The van der Waals surface area contributed by atoms with Crippen molar-refractivity contribution in [3.05, 3.63) is 0 Å². The summed E-state index contributed by atoms with van der Waals surface area (Å²) in [5.74, 6) is -2.52. The SMILES string of the molecule is COC(=O)C(NC(=O)CCP(=O)(O)CN1CCNCCN(CP(=O)(O)CCC(=O)N[C@@H](C(=O)OC)C(C)C)CCNCC1)C(C)C. The Balaban J connectivity index is 2.57. The molecule has 0 spiro atoms. The Morgan fingerprint density at radius 2 is 0.978 bits per heavy atom. The first-order valence-corrected chi connectivity index (χ1v) is 19.8. The molecule has 1 aliphatic rings. The van der Waals surface area contributed by atoms with E-state index in [1.165, 1.54) is 14.2 Å². The summed E-state index contributed by atoms with van der Waals surface area (Å²) in [4.78, 5) is 73.6. The Kier molecular flexibility index (Phi) is 19.4. The Morgan fingerprint density at radius 1 is 0.674 bits per heavy atom. The molecule has 1 aliphatic heterocycles. The van der Waals surface area contributed by atoms with Crippen LogP contribution in [0.4, 0.5) is 0 Å². The minimum atomic E-state index is -3.68. The van der Waals surface area contributed by atoms with Gasteiger partial charge in [-0.1, -0.05) is 27.7 Å². The van der Waals surface area contributed by atoms with Gasteiger partial charge >= 0.3 is 11.9 Å². The fraction of sp³-hybridized carbons (Fsp3) is 0.857. The highest BCUT2D eigenvalue weighted by Crippen LogP contribution is 2.42. The highest BCUT2D eigenvalue weighted by Gasteiger charge is 2.29. The average Bonchev–Trinajstić information content (AvgIpc) is 2.97. The molecular weight excluding hydrogens is 642 g/mol. The summed E-state index contributed by atoms with van der Waals surface area (Å²) in [7, 11) is -4.89. The zero-order chi connectivity index (χ0) is 34.9. The molecule has 18 heteroatoms. The normalized spacial score (nSPS) is 19.9. The molecule has 1 fully saturated rings. The van der Waals surface area contributed by atoms with Crippen LogP contribution in [0, 0.1) is 11.8 Å². The molecule has 268 valence electrons. The summed E-state index contributed by atoms with van der Waals surface area (Å²) in [6.45, 7) is 11.0. The number of amides is 2. The fourth-order valence-corrected chi connectivity index (χ4v) is 7.97. The number of hydrogen-bond donors (Lipinski definition) is 6. The second-order valence-corrected chi connectivity index (χ2v) is 17.1. The van der Waals surface area contributed by atoms with Crippen LogP contribution >= 0.6 is 14.7 Å². The minimum absolute atomic E-state index is 0.0841. The summed E-state index contributed by atoms with van der Waals surface area (Å²) in [6.07, 6.45) is -0.995. The fourth-order valence-electron chi connectivity index (χ4n) is 4.76. The van der Waals surface area contributed by atoms with Crippen LogP contribution in [-0.2, 0) is 37.8 Å². The first kappa shape index (κ1) is 42.1.